The van der Waals surface area contributed by atoms with Gasteiger partial charge in [-0.3, -0.25) is 18.7 Å². The molecule has 0 radical (unpaired) electrons. The van der Waals surface area contributed by atoms with Crippen molar-refractivity contribution in [3.8, 4) is 17.6 Å². The Kier molecular flexibility index (Phi) is 7.32. The molecule has 0 saturated carbocycles. The Labute approximate surface area is 189 Å². The Morgan fingerprint density at radius 2 is 1.94 bits per heavy atom. The van der Waals surface area contributed by atoms with E-state index in [1.807, 2.05) is 48.5 Å². The molecule has 8 heteroatoms. The fourth-order valence-corrected chi connectivity index (χ4v) is 3.04. The van der Waals surface area contributed by atoms with Gasteiger partial charge in [0.2, 0.25) is 5.91 Å². The second kappa shape index (κ2) is 10.3. The van der Waals surface area contributed by atoms with Crippen LogP contribution in [0.2, 0.25) is 5.15 Å². The molecule has 1 amide bonds. The molecule has 3 aromatic rings. The van der Waals surface area contributed by atoms with Gasteiger partial charge in [0.25, 0.3) is 5.56 Å². The van der Waals surface area contributed by atoms with Gasteiger partial charge in [0.05, 0.1) is 6.54 Å². The molecule has 0 saturated heterocycles. The summed E-state index contributed by atoms with van der Waals surface area (Å²) < 4.78 is 7.75. The van der Waals surface area contributed by atoms with Gasteiger partial charge in [-0.05, 0) is 29.8 Å². The lowest BCUT2D eigenvalue weighted by molar-refractivity contribution is -0.111. The van der Waals surface area contributed by atoms with E-state index in [0.717, 1.165) is 20.8 Å². The summed E-state index contributed by atoms with van der Waals surface area (Å²) in [6.45, 7) is 3.68. The van der Waals surface area contributed by atoms with E-state index in [1.54, 1.807) is 6.07 Å². The van der Waals surface area contributed by atoms with Gasteiger partial charge < -0.3 is 10.1 Å². The third-order valence-electron chi connectivity index (χ3n) is 4.47. The molecule has 0 aliphatic heterocycles. The highest BCUT2D eigenvalue weighted by Gasteiger charge is 2.16. The molecule has 0 spiro atoms. The number of amides is 1. The number of aromatic nitrogens is 2. The van der Waals surface area contributed by atoms with Gasteiger partial charge in [-0.15, -0.1) is 0 Å². The van der Waals surface area contributed by atoms with Crippen LogP contribution in [0.3, 0.4) is 0 Å². The van der Waals surface area contributed by atoms with Gasteiger partial charge in [-0.1, -0.05) is 66.4 Å². The molecule has 1 heterocycles. The zero-order valence-electron chi connectivity index (χ0n) is 17.3. The van der Waals surface area contributed by atoms with Crippen molar-refractivity contribution in [3.05, 3.63) is 104 Å². The number of anilines is 1. The van der Waals surface area contributed by atoms with Gasteiger partial charge in [-0.25, -0.2) is 4.79 Å². The minimum atomic E-state index is -0.720. The predicted octanol–water partition coefficient (Wildman–Crippen LogP) is 2.96. The number of carbonyl (C=O) groups is 1. The van der Waals surface area contributed by atoms with E-state index >= 15 is 0 Å². The molecule has 1 aromatic heterocycles. The number of halogens is 1. The van der Waals surface area contributed by atoms with Gasteiger partial charge in [-0.2, -0.15) is 0 Å². The van der Waals surface area contributed by atoms with Crippen molar-refractivity contribution in [2.45, 2.75) is 13.2 Å². The largest absolute Gasteiger partial charge is 0.489 e. The maximum absolute atomic E-state index is 12.5. The summed E-state index contributed by atoms with van der Waals surface area (Å²) in [6.07, 6.45) is 0.998. The summed E-state index contributed by atoms with van der Waals surface area (Å²) >= 11 is 6.21. The monoisotopic (exact) mass is 449 g/mol. The van der Waals surface area contributed by atoms with Crippen LogP contribution in [0.5, 0.6) is 5.75 Å². The zero-order chi connectivity index (χ0) is 23.1. The Morgan fingerprint density at radius 3 is 2.66 bits per heavy atom. The fourth-order valence-electron chi connectivity index (χ4n) is 2.78. The smallest absolute Gasteiger partial charge is 0.332 e. The first-order chi connectivity index (χ1) is 15.4. The van der Waals surface area contributed by atoms with E-state index in [9.17, 15) is 14.4 Å². The average molecular weight is 450 g/mol. The number of hydrogen-bond acceptors (Lipinski definition) is 4. The van der Waals surface area contributed by atoms with Crippen molar-refractivity contribution in [2.75, 3.05) is 5.32 Å². The van der Waals surface area contributed by atoms with Crippen molar-refractivity contribution < 1.29 is 9.53 Å². The number of nitrogens with zero attached hydrogens (tertiary/aromatic N) is 2. The van der Waals surface area contributed by atoms with E-state index in [-0.39, 0.29) is 17.4 Å². The van der Waals surface area contributed by atoms with Crippen LogP contribution in [0.25, 0.3) is 0 Å². The maximum Gasteiger partial charge on any atom is 0.332 e. The lowest BCUT2D eigenvalue weighted by Crippen LogP contribution is -2.40. The van der Waals surface area contributed by atoms with E-state index in [1.165, 1.54) is 7.05 Å². The minimum absolute atomic E-state index is 0.0855. The standard InChI is InChI=1S/C24H20ClN3O4/c1-3-20(29)26-21-22(25)28(24(31)27(2)23(21)30)14-8-12-17-11-7-13-19(15-17)32-16-18-9-5-4-6-10-18/h3-7,9-11,13,15H,1,14,16H2,2H3,(H,26,29). The number of ether oxygens (including phenoxy) is 1. The molecule has 7 nitrogen and oxygen atoms in total. The summed E-state index contributed by atoms with van der Waals surface area (Å²) in [7, 11) is 1.29. The molecule has 0 bridgehead atoms. The summed E-state index contributed by atoms with van der Waals surface area (Å²) in [5.74, 6) is 5.86. The Hall–Kier alpha value is -4.02. The summed E-state index contributed by atoms with van der Waals surface area (Å²) in [6, 6.07) is 17.0. The molecule has 0 aliphatic rings. The topological polar surface area (TPSA) is 82.3 Å². The van der Waals surface area contributed by atoms with Crippen LogP contribution in [0.1, 0.15) is 11.1 Å². The van der Waals surface area contributed by atoms with Gasteiger partial charge in [0.15, 0.2) is 0 Å². The summed E-state index contributed by atoms with van der Waals surface area (Å²) in [5, 5.41) is 2.13. The van der Waals surface area contributed by atoms with Crippen LogP contribution in [-0.2, 0) is 25.0 Å². The average Bonchev–Trinajstić information content (AvgIpc) is 2.82. The van der Waals surface area contributed by atoms with E-state index < -0.39 is 17.2 Å². The molecule has 0 fully saturated rings. The molecule has 1 N–H and O–H groups in total. The van der Waals surface area contributed by atoms with E-state index in [2.05, 4.69) is 23.7 Å². The van der Waals surface area contributed by atoms with Crippen LogP contribution in [0, 0.1) is 11.8 Å². The third kappa shape index (κ3) is 5.36. The quantitative estimate of drug-likeness (QED) is 0.356. The van der Waals surface area contributed by atoms with Gasteiger partial charge in [0, 0.05) is 12.6 Å². The van der Waals surface area contributed by atoms with Crippen molar-refractivity contribution in [3.63, 3.8) is 0 Å². The number of benzene rings is 2. The molecule has 0 unspecified atom stereocenters. The zero-order valence-corrected chi connectivity index (χ0v) is 18.1. The lowest BCUT2D eigenvalue weighted by atomic mass is 10.2. The van der Waals surface area contributed by atoms with Gasteiger partial charge in [0.1, 0.15) is 23.2 Å². The molecule has 0 atom stereocenters. The Balaban J connectivity index is 1.80. The lowest BCUT2D eigenvalue weighted by Gasteiger charge is -2.12. The SMILES string of the molecule is C=CC(=O)Nc1c(Cl)n(CC#Cc2cccc(OCc3ccccc3)c2)c(=O)n(C)c1=O. The fraction of sp³-hybridized carbons (Fsp3) is 0.125. The van der Waals surface area contributed by atoms with Crippen LogP contribution < -0.4 is 21.3 Å². The molecule has 162 valence electrons. The molecular formula is C24H20ClN3O4. The summed E-state index contributed by atoms with van der Waals surface area (Å²) in [5.41, 5.74) is 0.155. The third-order valence-corrected chi connectivity index (χ3v) is 4.86. The molecule has 2 aromatic carbocycles. The first-order valence-electron chi connectivity index (χ1n) is 9.59. The van der Waals surface area contributed by atoms with Crippen LogP contribution in [0.15, 0.2) is 76.8 Å². The highest BCUT2D eigenvalue weighted by atomic mass is 35.5. The van der Waals surface area contributed by atoms with Crippen LogP contribution >= 0.6 is 11.6 Å². The number of carbonyl (C=O) groups excluding carboxylic acids is 1. The second-order valence-electron chi connectivity index (χ2n) is 6.70. The number of rotatable bonds is 6. The number of hydrogen-bond donors (Lipinski definition) is 1. The van der Waals surface area contributed by atoms with Crippen LogP contribution in [0.4, 0.5) is 5.69 Å². The second-order valence-corrected chi connectivity index (χ2v) is 7.05. The highest BCUT2D eigenvalue weighted by Crippen LogP contribution is 2.16. The Bertz CT molecular complexity index is 1330. The van der Waals surface area contributed by atoms with Crippen molar-refractivity contribution in [1.82, 2.24) is 9.13 Å². The number of nitrogens with one attached hydrogen (secondary N) is 1. The van der Waals surface area contributed by atoms with Crippen molar-refractivity contribution in [2.24, 2.45) is 7.05 Å². The van der Waals surface area contributed by atoms with Crippen molar-refractivity contribution in [1.29, 1.82) is 0 Å². The predicted molar refractivity (Wildman–Crippen MR) is 124 cm³/mol. The first-order valence-corrected chi connectivity index (χ1v) is 9.97. The first kappa shape index (κ1) is 22.7. The molecule has 0 aliphatic carbocycles. The van der Waals surface area contributed by atoms with E-state index in [0.29, 0.717) is 17.9 Å². The van der Waals surface area contributed by atoms with E-state index in [4.69, 9.17) is 16.3 Å². The maximum atomic E-state index is 12.5. The van der Waals surface area contributed by atoms with Gasteiger partial charge >= 0.3 is 5.69 Å². The highest BCUT2D eigenvalue weighted by molar-refractivity contribution is 6.32. The minimum Gasteiger partial charge on any atom is -0.489 e. The van der Waals surface area contributed by atoms with Crippen molar-refractivity contribution >= 4 is 23.2 Å². The van der Waals surface area contributed by atoms with Crippen LogP contribution in [-0.4, -0.2) is 15.0 Å². The Morgan fingerprint density at radius 1 is 1.19 bits per heavy atom. The molecule has 3 rings (SSSR count). The molecular weight excluding hydrogens is 430 g/mol. The normalized spacial score (nSPS) is 10.1. The summed E-state index contributed by atoms with van der Waals surface area (Å²) in [4.78, 5) is 36.3. The molecule has 32 heavy (non-hydrogen) atoms.